The van der Waals surface area contributed by atoms with Gasteiger partial charge in [-0.3, -0.25) is 4.68 Å². The fourth-order valence-electron chi connectivity index (χ4n) is 3.20. The molecule has 2 aliphatic rings. The molecule has 3 heterocycles. The van der Waals surface area contributed by atoms with Crippen molar-refractivity contribution in [3.8, 4) is 22.5 Å². The minimum absolute atomic E-state index is 0.263. The van der Waals surface area contributed by atoms with E-state index in [1.807, 2.05) is 10.7 Å². The van der Waals surface area contributed by atoms with E-state index in [0.29, 0.717) is 31.7 Å². The lowest BCUT2D eigenvalue weighted by atomic mass is 10.0. The van der Waals surface area contributed by atoms with E-state index in [2.05, 4.69) is 10.3 Å². The van der Waals surface area contributed by atoms with E-state index in [4.69, 9.17) is 14.8 Å². The van der Waals surface area contributed by atoms with Crippen LogP contribution >= 0.6 is 0 Å². The Kier molecular flexibility index (Phi) is 3.67. The van der Waals surface area contributed by atoms with Crippen LogP contribution in [0.2, 0.25) is 0 Å². The van der Waals surface area contributed by atoms with E-state index in [1.165, 1.54) is 12.1 Å². The molecule has 1 aliphatic heterocycles. The molecule has 1 fully saturated rings. The second kappa shape index (κ2) is 6.17. The maximum Gasteiger partial charge on any atom is 0.223 e. The quantitative estimate of drug-likeness (QED) is 0.782. The average Bonchev–Trinajstić information content (AvgIpc) is 3.39. The van der Waals surface area contributed by atoms with Crippen molar-refractivity contribution in [1.82, 2.24) is 19.7 Å². The van der Waals surface area contributed by atoms with E-state index in [0.717, 1.165) is 41.1 Å². The largest absolute Gasteiger partial charge is 0.373 e. The third kappa shape index (κ3) is 2.84. The Hall–Kier alpha value is -2.80. The van der Waals surface area contributed by atoms with Crippen molar-refractivity contribution in [3.05, 3.63) is 48.0 Å². The van der Waals surface area contributed by atoms with Gasteiger partial charge in [0.05, 0.1) is 36.7 Å². The second-order valence-electron chi connectivity index (χ2n) is 6.64. The van der Waals surface area contributed by atoms with Gasteiger partial charge in [-0.25, -0.2) is 14.4 Å². The van der Waals surface area contributed by atoms with Crippen LogP contribution in [0.1, 0.15) is 18.5 Å². The lowest BCUT2D eigenvalue weighted by Crippen LogP contribution is -2.17. The molecule has 5 rings (SSSR count). The minimum Gasteiger partial charge on any atom is -0.373 e. The summed E-state index contributed by atoms with van der Waals surface area (Å²) in [6.07, 6.45) is 4.08. The molecule has 0 bridgehead atoms. The van der Waals surface area contributed by atoms with Crippen molar-refractivity contribution in [2.45, 2.75) is 32.0 Å². The van der Waals surface area contributed by atoms with Crippen LogP contribution < -0.4 is 5.32 Å². The fourth-order valence-corrected chi connectivity index (χ4v) is 3.20. The van der Waals surface area contributed by atoms with Crippen LogP contribution in [0, 0.1) is 5.82 Å². The maximum absolute atomic E-state index is 13.4. The van der Waals surface area contributed by atoms with Crippen molar-refractivity contribution in [2.75, 3.05) is 11.9 Å². The molecular weight excluding hydrogens is 333 g/mol. The van der Waals surface area contributed by atoms with E-state index >= 15 is 0 Å². The zero-order chi connectivity index (χ0) is 17.5. The summed E-state index contributed by atoms with van der Waals surface area (Å²) in [5.74, 6) is 0.368. The van der Waals surface area contributed by atoms with Crippen LogP contribution in [-0.2, 0) is 17.9 Å². The molecule has 0 unspecified atom stereocenters. The summed E-state index contributed by atoms with van der Waals surface area (Å²) in [7, 11) is 0. The summed E-state index contributed by atoms with van der Waals surface area (Å²) in [4.78, 5) is 9.03. The number of nitrogens with zero attached hydrogens (tertiary/aromatic N) is 4. The summed E-state index contributed by atoms with van der Waals surface area (Å²) in [6.45, 7) is 1.82. The highest BCUT2D eigenvalue weighted by Gasteiger charge is 2.25. The van der Waals surface area contributed by atoms with Gasteiger partial charge >= 0.3 is 0 Å². The summed E-state index contributed by atoms with van der Waals surface area (Å²) in [5.41, 5.74) is 4.37. The van der Waals surface area contributed by atoms with Crippen molar-refractivity contribution >= 4 is 5.95 Å². The number of hydrogen-bond donors (Lipinski definition) is 1. The van der Waals surface area contributed by atoms with Crippen molar-refractivity contribution in [1.29, 1.82) is 0 Å². The van der Waals surface area contributed by atoms with Gasteiger partial charge in [0, 0.05) is 17.8 Å². The first kappa shape index (κ1) is 15.5. The van der Waals surface area contributed by atoms with Crippen LogP contribution in [0.5, 0.6) is 0 Å². The molecule has 0 atom stereocenters. The molecule has 3 aromatic rings. The lowest BCUT2D eigenvalue weighted by Gasteiger charge is -2.15. The zero-order valence-corrected chi connectivity index (χ0v) is 14.2. The molecule has 0 radical (unpaired) electrons. The molecule has 2 aromatic heterocycles. The topological polar surface area (TPSA) is 64.9 Å². The Bertz CT molecular complexity index is 949. The Morgan fingerprint density at radius 3 is 2.81 bits per heavy atom. The standard InChI is InChI=1S/C19H18FN5O/c20-13-3-1-12(2-4-13)18-17(16-11-26-10-9-25(16)24-18)15-7-8-21-19(23-15)22-14-5-6-14/h1-4,7-8,14H,5-6,9-11H2,(H,21,22,23). The molecule has 26 heavy (non-hydrogen) atoms. The molecule has 7 heteroatoms. The van der Waals surface area contributed by atoms with E-state index in [1.54, 1.807) is 18.3 Å². The van der Waals surface area contributed by atoms with Crippen LogP contribution in [0.25, 0.3) is 22.5 Å². The Balaban J connectivity index is 1.64. The van der Waals surface area contributed by atoms with E-state index in [9.17, 15) is 4.39 Å². The highest BCUT2D eigenvalue weighted by Crippen LogP contribution is 2.35. The predicted molar refractivity (Wildman–Crippen MR) is 94.9 cm³/mol. The number of aromatic nitrogens is 4. The number of fused-ring (bicyclic) bond motifs is 1. The zero-order valence-electron chi connectivity index (χ0n) is 14.2. The third-order valence-electron chi connectivity index (χ3n) is 4.68. The molecule has 132 valence electrons. The number of anilines is 1. The predicted octanol–water partition coefficient (Wildman–Crippen LogP) is 3.25. The van der Waals surface area contributed by atoms with Gasteiger partial charge in [0.2, 0.25) is 5.95 Å². The van der Waals surface area contributed by atoms with Gasteiger partial charge in [0.25, 0.3) is 0 Å². The fraction of sp³-hybridized carbons (Fsp3) is 0.316. The molecule has 1 aliphatic carbocycles. The molecule has 1 aromatic carbocycles. The molecule has 0 spiro atoms. The first-order valence-corrected chi connectivity index (χ1v) is 8.81. The number of benzene rings is 1. The first-order chi connectivity index (χ1) is 12.8. The number of halogens is 1. The SMILES string of the molecule is Fc1ccc(-c2nn3c(c2-c2ccnc(NC4CC4)n2)COCC3)cc1. The molecule has 6 nitrogen and oxygen atoms in total. The van der Waals surface area contributed by atoms with Gasteiger partial charge in [0.1, 0.15) is 11.5 Å². The number of hydrogen-bond acceptors (Lipinski definition) is 5. The monoisotopic (exact) mass is 351 g/mol. The minimum atomic E-state index is -0.263. The molecule has 0 amide bonds. The summed E-state index contributed by atoms with van der Waals surface area (Å²) in [5, 5.41) is 8.10. The Labute approximate surface area is 150 Å². The summed E-state index contributed by atoms with van der Waals surface area (Å²) < 4.78 is 21.0. The normalized spacial score (nSPS) is 16.3. The second-order valence-corrected chi connectivity index (χ2v) is 6.64. The highest BCUT2D eigenvalue weighted by atomic mass is 19.1. The van der Waals surface area contributed by atoms with Gasteiger partial charge in [0.15, 0.2) is 0 Å². The van der Waals surface area contributed by atoms with Crippen molar-refractivity contribution in [2.24, 2.45) is 0 Å². The lowest BCUT2D eigenvalue weighted by molar-refractivity contribution is 0.0804. The van der Waals surface area contributed by atoms with Gasteiger partial charge in [-0.2, -0.15) is 5.10 Å². The average molecular weight is 351 g/mol. The van der Waals surface area contributed by atoms with Gasteiger partial charge < -0.3 is 10.1 Å². The van der Waals surface area contributed by atoms with Crippen LogP contribution in [0.3, 0.4) is 0 Å². The molecule has 0 saturated heterocycles. The van der Waals surface area contributed by atoms with Gasteiger partial charge in [-0.1, -0.05) is 0 Å². The van der Waals surface area contributed by atoms with Crippen LogP contribution in [0.15, 0.2) is 36.5 Å². The molecule has 1 N–H and O–H groups in total. The smallest absolute Gasteiger partial charge is 0.223 e. The summed E-state index contributed by atoms with van der Waals surface area (Å²) >= 11 is 0. The number of ether oxygens (including phenoxy) is 1. The van der Waals surface area contributed by atoms with Gasteiger partial charge in [-0.15, -0.1) is 0 Å². The number of rotatable bonds is 4. The van der Waals surface area contributed by atoms with Crippen molar-refractivity contribution < 1.29 is 9.13 Å². The van der Waals surface area contributed by atoms with Crippen LogP contribution in [-0.4, -0.2) is 32.4 Å². The Morgan fingerprint density at radius 1 is 1.15 bits per heavy atom. The van der Waals surface area contributed by atoms with E-state index in [-0.39, 0.29) is 5.82 Å². The van der Waals surface area contributed by atoms with Gasteiger partial charge in [-0.05, 0) is 43.2 Å². The molecular formula is C19H18FN5O. The highest BCUT2D eigenvalue weighted by molar-refractivity contribution is 5.81. The van der Waals surface area contributed by atoms with Crippen LogP contribution in [0.4, 0.5) is 10.3 Å². The van der Waals surface area contributed by atoms with Crippen molar-refractivity contribution in [3.63, 3.8) is 0 Å². The first-order valence-electron chi connectivity index (χ1n) is 8.81. The molecule has 1 saturated carbocycles. The third-order valence-corrected chi connectivity index (χ3v) is 4.68. The Morgan fingerprint density at radius 2 is 2.00 bits per heavy atom. The summed E-state index contributed by atoms with van der Waals surface area (Å²) in [6, 6.07) is 8.77. The maximum atomic E-state index is 13.4. The van der Waals surface area contributed by atoms with E-state index < -0.39 is 0 Å². The number of nitrogens with one attached hydrogen (secondary N) is 1.